The third-order valence-electron chi connectivity index (χ3n) is 2.46. The van der Waals surface area contributed by atoms with E-state index in [1.54, 1.807) is 0 Å². The van der Waals surface area contributed by atoms with E-state index < -0.39 is 0 Å². The summed E-state index contributed by atoms with van der Waals surface area (Å²) in [4.78, 5) is 0. The maximum absolute atomic E-state index is 3.28. The van der Waals surface area contributed by atoms with E-state index >= 15 is 0 Å². The molecule has 0 spiro atoms. The van der Waals surface area contributed by atoms with Crippen molar-refractivity contribution < 1.29 is 0 Å². The predicted octanol–water partition coefficient (Wildman–Crippen LogP) is 0.819. The molecule has 1 fully saturated rings. The third-order valence-corrected chi connectivity index (χ3v) is 2.46. The minimum absolute atomic E-state index is 0.613. The molecule has 2 N–H and O–H groups in total. The van der Waals surface area contributed by atoms with Crippen LogP contribution in [0.1, 0.15) is 19.3 Å². The van der Waals surface area contributed by atoms with Gasteiger partial charge >= 0.3 is 0 Å². The van der Waals surface area contributed by atoms with Gasteiger partial charge in [0, 0.05) is 12.6 Å². The Bertz CT molecular complexity index is 142. The molecule has 0 aromatic heterocycles. The van der Waals surface area contributed by atoms with Gasteiger partial charge in [0.1, 0.15) is 0 Å². The molecule has 2 aliphatic rings. The van der Waals surface area contributed by atoms with Crippen LogP contribution in [-0.4, -0.2) is 12.6 Å². The lowest BCUT2D eigenvalue weighted by Crippen LogP contribution is -2.50. The predicted molar refractivity (Wildman–Crippen MR) is 41.4 cm³/mol. The van der Waals surface area contributed by atoms with Gasteiger partial charge in [-0.3, -0.25) is 10.9 Å². The normalized spacial score (nSPS) is 39.2. The highest BCUT2D eigenvalue weighted by molar-refractivity contribution is 5.02. The first-order valence-corrected chi connectivity index (χ1v) is 4.12. The summed E-state index contributed by atoms with van der Waals surface area (Å²) < 4.78 is 0. The summed E-state index contributed by atoms with van der Waals surface area (Å²) in [7, 11) is 0. The number of fused-ring (bicyclic) bond motifs is 1. The van der Waals surface area contributed by atoms with Crippen molar-refractivity contribution in [2.45, 2.75) is 25.3 Å². The lowest BCUT2D eigenvalue weighted by Gasteiger charge is -2.33. The molecule has 2 heteroatoms. The SMILES string of the molecule is C1=CC2NNCCC2CC1. The standard InChI is InChI=1S/C8H14N2/c1-2-4-8-7(3-1)5-6-9-10-8/h2,4,7-10H,1,3,5-6H2. The van der Waals surface area contributed by atoms with Crippen molar-refractivity contribution in [2.24, 2.45) is 5.92 Å². The van der Waals surface area contributed by atoms with Gasteiger partial charge in [0.25, 0.3) is 0 Å². The van der Waals surface area contributed by atoms with Gasteiger partial charge in [-0.05, 0) is 25.2 Å². The van der Waals surface area contributed by atoms with Crippen molar-refractivity contribution in [3.8, 4) is 0 Å². The lowest BCUT2D eigenvalue weighted by atomic mass is 9.86. The van der Waals surface area contributed by atoms with Crippen LogP contribution in [0.5, 0.6) is 0 Å². The molecule has 1 aliphatic heterocycles. The number of hydrazine groups is 1. The molecule has 10 heavy (non-hydrogen) atoms. The summed E-state index contributed by atoms with van der Waals surface area (Å²) in [5.41, 5.74) is 6.47. The molecule has 1 saturated heterocycles. The summed E-state index contributed by atoms with van der Waals surface area (Å²) in [5, 5.41) is 0. The zero-order valence-corrected chi connectivity index (χ0v) is 6.14. The topological polar surface area (TPSA) is 24.1 Å². The number of hydrogen-bond acceptors (Lipinski definition) is 2. The van der Waals surface area contributed by atoms with Crippen molar-refractivity contribution in [2.75, 3.05) is 6.54 Å². The molecule has 0 radical (unpaired) electrons. The van der Waals surface area contributed by atoms with Gasteiger partial charge in [0.05, 0.1) is 0 Å². The first kappa shape index (κ1) is 6.38. The average molecular weight is 138 g/mol. The quantitative estimate of drug-likeness (QED) is 0.484. The highest BCUT2D eigenvalue weighted by Gasteiger charge is 2.23. The smallest absolute Gasteiger partial charge is 0.0421 e. The fourth-order valence-corrected chi connectivity index (χ4v) is 1.83. The summed E-state index contributed by atoms with van der Waals surface area (Å²) >= 11 is 0. The molecule has 56 valence electrons. The van der Waals surface area contributed by atoms with Crippen LogP contribution >= 0.6 is 0 Å². The second-order valence-electron chi connectivity index (χ2n) is 3.15. The van der Waals surface area contributed by atoms with E-state index in [4.69, 9.17) is 0 Å². The van der Waals surface area contributed by atoms with Gasteiger partial charge < -0.3 is 0 Å². The number of rotatable bonds is 0. The van der Waals surface area contributed by atoms with E-state index in [-0.39, 0.29) is 0 Å². The molecule has 0 saturated carbocycles. The Kier molecular flexibility index (Phi) is 1.74. The molecule has 2 nitrogen and oxygen atoms in total. The van der Waals surface area contributed by atoms with Gasteiger partial charge in [-0.1, -0.05) is 12.2 Å². The van der Waals surface area contributed by atoms with Crippen molar-refractivity contribution in [3.05, 3.63) is 12.2 Å². The molecular weight excluding hydrogens is 124 g/mol. The molecule has 1 aliphatic carbocycles. The zero-order chi connectivity index (χ0) is 6.81. The van der Waals surface area contributed by atoms with Crippen molar-refractivity contribution in [1.82, 2.24) is 10.9 Å². The first-order valence-electron chi connectivity index (χ1n) is 4.12. The summed E-state index contributed by atoms with van der Waals surface area (Å²) in [5.74, 6) is 0.895. The Morgan fingerprint density at radius 3 is 3.20 bits per heavy atom. The average Bonchev–Trinajstić information content (AvgIpc) is 2.05. The molecule has 0 amide bonds. The van der Waals surface area contributed by atoms with E-state index in [1.165, 1.54) is 19.3 Å². The lowest BCUT2D eigenvalue weighted by molar-refractivity contribution is 0.261. The van der Waals surface area contributed by atoms with Crippen molar-refractivity contribution >= 4 is 0 Å². The fourth-order valence-electron chi connectivity index (χ4n) is 1.83. The van der Waals surface area contributed by atoms with E-state index in [1.807, 2.05) is 0 Å². The third kappa shape index (κ3) is 1.09. The molecule has 0 bridgehead atoms. The fraction of sp³-hybridized carbons (Fsp3) is 0.750. The van der Waals surface area contributed by atoms with E-state index in [0.717, 1.165) is 12.5 Å². The highest BCUT2D eigenvalue weighted by Crippen LogP contribution is 2.22. The Balaban J connectivity index is 2.03. The highest BCUT2D eigenvalue weighted by atomic mass is 15.4. The van der Waals surface area contributed by atoms with Gasteiger partial charge in [0.2, 0.25) is 0 Å². The molecule has 2 unspecified atom stereocenters. The van der Waals surface area contributed by atoms with E-state index in [0.29, 0.717) is 6.04 Å². The zero-order valence-electron chi connectivity index (χ0n) is 6.14. The first-order chi connectivity index (χ1) is 4.97. The summed E-state index contributed by atoms with van der Waals surface area (Å²) in [6, 6.07) is 0.613. The van der Waals surface area contributed by atoms with Gasteiger partial charge in [0.15, 0.2) is 0 Å². The largest absolute Gasteiger partial charge is 0.257 e. The Morgan fingerprint density at radius 1 is 1.30 bits per heavy atom. The van der Waals surface area contributed by atoms with Crippen LogP contribution in [0, 0.1) is 5.92 Å². The molecule has 1 heterocycles. The number of nitrogens with one attached hydrogen (secondary N) is 2. The number of hydrogen-bond donors (Lipinski definition) is 2. The minimum atomic E-state index is 0.613. The van der Waals surface area contributed by atoms with Crippen LogP contribution in [0.15, 0.2) is 12.2 Å². The second kappa shape index (κ2) is 2.72. The van der Waals surface area contributed by atoms with Crippen LogP contribution in [-0.2, 0) is 0 Å². The van der Waals surface area contributed by atoms with Crippen molar-refractivity contribution in [3.63, 3.8) is 0 Å². The van der Waals surface area contributed by atoms with Gasteiger partial charge in [-0.2, -0.15) is 0 Å². The Hall–Kier alpha value is -0.340. The summed E-state index contributed by atoms with van der Waals surface area (Å²) in [6.45, 7) is 1.13. The van der Waals surface area contributed by atoms with Crippen LogP contribution in [0.3, 0.4) is 0 Å². The van der Waals surface area contributed by atoms with Gasteiger partial charge in [-0.25, -0.2) is 0 Å². The van der Waals surface area contributed by atoms with Gasteiger partial charge in [-0.15, -0.1) is 0 Å². The molecule has 2 rings (SSSR count). The van der Waals surface area contributed by atoms with E-state index in [9.17, 15) is 0 Å². The minimum Gasteiger partial charge on any atom is -0.257 e. The van der Waals surface area contributed by atoms with Crippen LogP contribution < -0.4 is 10.9 Å². The van der Waals surface area contributed by atoms with Crippen LogP contribution in [0.25, 0.3) is 0 Å². The van der Waals surface area contributed by atoms with Crippen LogP contribution in [0.4, 0.5) is 0 Å². The second-order valence-corrected chi connectivity index (χ2v) is 3.15. The maximum atomic E-state index is 3.28. The van der Waals surface area contributed by atoms with Crippen LogP contribution in [0.2, 0.25) is 0 Å². The molecule has 2 atom stereocenters. The maximum Gasteiger partial charge on any atom is 0.0421 e. The summed E-state index contributed by atoms with van der Waals surface area (Å²) in [6.07, 6.45) is 8.56. The molecule has 0 aromatic rings. The number of allylic oxidation sites excluding steroid dienone is 1. The Labute approximate surface area is 61.7 Å². The molecular formula is C8H14N2. The Morgan fingerprint density at radius 2 is 2.30 bits per heavy atom. The van der Waals surface area contributed by atoms with Crippen molar-refractivity contribution in [1.29, 1.82) is 0 Å². The monoisotopic (exact) mass is 138 g/mol. The van der Waals surface area contributed by atoms with E-state index in [2.05, 4.69) is 23.0 Å². The molecule has 0 aromatic carbocycles.